The van der Waals surface area contributed by atoms with Crippen LogP contribution in [0.15, 0.2) is 5.10 Å². The fourth-order valence-electron chi connectivity index (χ4n) is 0.789. The Balaban J connectivity index is 2.49. The number of carbonyl (C=O) groups excluding carboxylic acids is 1. The normalized spacial score (nSPS) is 21.5. The summed E-state index contributed by atoms with van der Waals surface area (Å²) >= 11 is 0. The molecule has 0 aromatic heterocycles. The van der Waals surface area contributed by atoms with E-state index >= 15 is 0 Å². The lowest BCUT2D eigenvalue weighted by Gasteiger charge is -2.04. The smallest absolute Gasteiger partial charge is 0.330 e. The third kappa shape index (κ3) is 1.46. The molecule has 0 aromatic carbocycles. The predicted molar refractivity (Wildman–Crippen MR) is 36.6 cm³/mol. The van der Waals surface area contributed by atoms with Crippen LogP contribution in [-0.2, 0) is 9.53 Å². The van der Waals surface area contributed by atoms with Gasteiger partial charge in [-0.3, -0.25) is 5.43 Å². The average molecular weight is 153 g/mol. The predicted octanol–water partition coefficient (Wildman–Crippen LogP) is -0.599. The molecule has 1 unspecified atom stereocenters. The van der Waals surface area contributed by atoms with Crippen molar-refractivity contribution in [3.63, 3.8) is 0 Å². The summed E-state index contributed by atoms with van der Waals surface area (Å²) in [7, 11) is 1.30. The standard InChI is InChI=1S/C6H7N3O2/c1-11-6(10)5-2-4(3-7)8-9-5/h5,9H,2H2,1H3. The maximum Gasteiger partial charge on any atom is 0.330 e. The molecule has 1 heterocycles. The number of rotatable bonds is 1. The molecule has 0 aliphatic carbocycles. The minimum Gasteiger partial charge on any atom is -0.467 e. The number of ether oxygens (including phenoxy) is 1. The molecule has 0 amide bonds. The van der Waals surface area contributed by atoms with E-state index in [1.807, 2.05) is 6.07 Å². The van der Waals surface area contributed by atoms with Crippen molar-refractivity contribution in [1.29, 1.82) is 5.26 Å². The van der Waals surface area contributed by atoms with Crippen molar-refractivity contribution in [2.75, 3.05) is 7.11 Å². The third-order valence-corrected chi connectivity index (χ3v) is 1.37. The minimum absolute atomic E-state index is 0.323. The van der Waals surface area contributed by atoms with Gasteiger partial charge < -0.3 is 4.74 Å². The molecule has 0 saturated heterocycles. The lowest BCUT2D eigenvalue weighted by molar-refractivity contribution is -0.142. The summed E-state index contributed by atoms with van der Waals surface area (Å²) in [5, 5.41) is 12.0. The molecule has 1 atom stereocenters. The van der Waals surface area contributed by atoms with E-state index in [0.717, 1.165) is 0 Å². The molecule has 0 saturated carbocycles. The van der Waals surface area contributed by atoms with E-state index in [2.05, 4.69) is 15.3 Å². The lowest BCUT2D eigenvalue weighted by Crippen LogP contribution is -2.30. The monoisotopic (exact) mass is 153 g/mol. The van der Waals surface area contributed by atoms with E-state index in [0.29, 0.717) is 12.1 Å². The largest absolute Gasteiger partial charge is 0.467 e. The van der Waals surface area contributed by atoms with Crippen LogP contribution in [0.2, 0.25) is 0 Å². The van der Waals surface area contributed by atoms with Crippen LogP contribution in [0.1, 0.15) is 6.42 Å². The summed E-state index contributed by atoms with van der Waals surface area (Å²) in [4.78, 5) is 10.8. The van der Waals surface area contributed by atoms with Gasteiger partial charge in [0.05, 0.1) is 7.11 Å². The van der Waals surface area contributed by atoms with Crippen molar-refractivity contribution < 1.29 is 9.53 Å². The van der Waals surface area contributed by atoms with E-state index in [4.69, 9.17) is 5.26 Å². The van der Waals surface area contributed by atoms with Crippen molar-refractivity contribution in [3.05, 3.63) is 0 Å². The highest BCUT2D eigenvalue weighted by atomic mass is 16.5. The molecule has 0 spiro atoms. The molecule has 1 aliphatic rings. The molecule has 0 radical (unpaired) electrons. The van der Waals surface area contributed by atoms with Crippen molar-refractivity contribution in [1.82, 2.24) is 5.43 Å². The first kappa shape index (κ1) is 7.54. The van der Waals surface area contributed by atoms with Crippen LogP contribution in [0.5, 0.6) is 0 Å². The van der Waals surface area contributed by atoms with Gasteiger partial charge in [-0.05, 0) is 0 Å². The Morgan fingerprint density at radius 1 is 2.00 bits per heavy atom. The highest BCUT2D eigenvalue weighted by Gasteiger charge is 2.25. The number of hydrogen-bond donors (Lipinski definition) is 1. The first-order chi connectivity index (χ1) is 5.27. The first-order valence-electron chi connectivity index (χ1n) is 3.08. The van der Waals surface area contributed by atoms with E-state index < -0.39 is 6.04 Å². The molecule has 1 N–H and O–H groups in total. The van der Waals surface area contributed by atoms with Crippen molar-refractivity contribution in [2.45, 2.75) is 12.5 Å². The van der Waals surface area contributed by atoms with Gasteiger partial charge in [-0.25, -0.2) is 4.79 Å². The van der Waals surface area contributed by atoms with Crippen LogP contribution >= 0.6 is 0 Å². The second-order valence-electron chi connectivity index (χ2n) is 2.08. The van der Waals surface area contributed by atoms with E-state index in [1.165, 1.54) is 7.11 Å². The summed E-state index contributed by atoms with van der Waals surface area (Å²) in [5.74, 6) is -0.390. The van der Waals surface area contributed by atoms with Gasteiger partial charge in [0.1, 0.15) is 17.8 Å². The Hall–Kier alpha value is -1.57. The number of nitrogens with one attached hydrogen (secondary N) is 1. The first-order valence-corrected chi connectivity index (χ1v) is 3.08. The van der Waals surface area contributed by atoms with E-state index in [9.17, 15) is 4.79 Å². The van der Waals surface area contributed by atoms with Crippen LogP contribution in [0.3, 0.4) is 0 Å². The second kappa shape index (κ2) is 3.01. The Morgan fingerprint density at radius 2 is 2.73 bits per heavy atom. The molecular formula is C6H7N3O2. The number of carbonyl (C=O) groups is 1. The van der Waals surface area contributed by atoms with Gasteiger partial charge in [0.15, 0.2) is 0 Å². The van der Waals surface area contributed by atoms with Crippen molar-refractivity contribution >= 4 is 11.7 Å². The van der Waals surface area contributed by atoms with Crippen molar-refractivity contribution in [2.24, 2.45) is 5.10 Å². The topological polar surface area (TPSA) is 74.5 Å². The molecule has 5 heteroatoms. The second-order valence-corrected chi connectivity index (χ2v) is 2.08. The van der Waals surface area contributed by atoms with Gasteiger partial charge in [-0.1, -0.05) is 0 Å². The Kier molecular flexibility index (Phi) is 2.06. The third-order valence-electron chi connectivity index (χ3n) is 1.37. The fourth-order valence-corrected chi connectivity index (χ4v) is 0.789. The number of nitriles is 1. The van der Waals surface area contributed by atoms with Gasteiger partial charge >= 0.3 is 5.97 Å². The zero-order valence-corrected chi connectivity index (χ0v) is 6.00. The highest BCUT2D eigenvalue weighted by Crippen LogP contribution is 2.03. The van der Waals surface area contributed by atoms with Gasteiger partial charge in [-0.2, -0.15) is 10.4 Å². The van der Waals surface area contributed by atoms with E-state index in [1.54, 1.807) is 0 Å². The average Bonchev–Trinajstić information content (AvgIpc) is 2.50. The Labute approximate surface area is 63.6 Å². The number of methoxy groups -OCH3 is 1. The minimum atomic E-state index is -0.477. The fraction of sp³-hybridized carbons (Fsp3) is 0.500. The zero-order chi connectivity index (χ0) is 8.27. The van der Waals surface area contributed by atoms with Gasteiger partial charge in [-0.15, -0.1) is 0 Å². The van der Waals surface area contributed by atoms with Crippen LogP contribution in [-0.4, -0.2) is 24.8 Å². The number of nitrogens with zero attached hydrogens (tertiary/aromatic N) is 2. The molecule has 0 aromatic rings. The number of hydrazone groups is 1. The summed E-state index contributed by atoms with van der Waals surface area (Å²) in [6.07, 6.45) is 0.323. The molecule has 0 bridgehead atoms. The Bertz CT molecular complexity index is 241. The summed E-state index contributed by atoms with van der Waals surface area (Å²) < 4.78 is 4.44. The van der Waals surface area contributed by atoms with E-state index in [-0.39, 0.29) is 5.97 Å². The van der Waals surface area contributed by atoms with Crippen LogP contribution in [0.4, 0.5) is 0 Å². The molecule has 11 heavy (non-hydrogen) atoms. The molecule has 5 nitrogen and oxygen atoms in total. The summed E-state index contributed by atoms with van der Waals surface area (Å²) in [6, 6.07) is 1.38. The molecule has 1 rings (SSSR count). The lowest BCUT2D eigenvalue weighted by atomic mass is 10.2. The van der Waals surface area contributed by atoms with Gasteiger partial charge in [0.2, 0.25) is 0 Å². The summed E-state index contributed by atoms with van der Waals surface area (Å²) in [5.41, 5.74) is 2.83. The van der Waals surface area contributed by atoms with Crippen LogP contribution < -0.4 is 5.43 Å². The molecule has 58 valence electrons. The Morgan fingerprint density at radius 3 is 3.18 bits per heavy atom. The zero-order valence-electron chi connectivity index (χ0n) is 6.00. The number of hydrogen-bond acceptors (Lipinski definition) is 5. The van der Waals surface area contributed by atoms with Crippen LogP contribution in [0.25, 0.3) is 0 Å². The SMILES string of the molecule is COC(=O)C1CC(C#N)=NN1. The van der Waals surface area contributed by atoms with Crippen molar-refractivity contribution in [3.8, 4) is 6.07 Å². The highest BCUT2D eigenvalue weighted by molar-refractivity contribution is 6.02. The molecule has 1 aliphatic heterocycles. The molecule has 0 fully saturated rings. The van der Waals surface area contributed by atoms with Crippen LogP contribution in [0, 0.1) is 11.3 Å². The van der Waals surface area contributed by atoms with Gasteiger partial charge in [0.25, 0.3) is 0 Å². The quantitative estimate of drug-likeness (QED) is 0.510. The van der Waals surface area contributed by atoms with Gasteiger partial charge in [0, 0.05) is 6.42 Å². The maximum absolute atomic E-state index is 10.8. The number of esters is 1. The summed E-state index contributed by atoms with van der Waals surface area (Å²) in [6.45, 7) is 0. The maximum atomic E-state index is 10.8. The molecular weight excluding hydrogens is 146 g/mol.